The average Bonchev–Trinajstić information content (AvgIpc) is 4.05. The van der Waals surface area contributed by atoms with Gasteiger partial charge in [-0.2, -0.15) is 0 Å². The van der Waals surface area contributed by atoms with Crippen LogP contribution in [-0.2, 0) is 0 Å². The molecule has 0 saturated carbocycles. The first-order valence-electron chi connectivity index (χ1n) is 18.9. The standard InChI is InChI=1S/C51H31N3O2/c1-2-11-32(12-3-1)51-52-27-28-53(51)50-36(33-21-24-47-41(29-33)40-15-6-9-20-46(40)55-47)16-10-17-37(50)34-22-25-48-42(30-34)43-31-35(23-26-49(43)56-48)54-44-18-7-4-13-38(44)39-14-5-8-19-45(39)54/h1-31H. The van der Waals surface area contributed by atoms with Gasteiger partial charge in [0, 0.05) is 67.1 Å². The van der Waals surface area contributed by atoms with E-state index in [1.165, 1.54) is 21.8 Å². The number of rotatable bonds is 5. The highest BCUT2D eigenvalue weighted by atomic mass is 16.3. The molecule has 4 heterocycles. The lowest BCUT2D eigenvalue weighted by Crippen LogP contribution is -2.02. The van der Waals surface area contributed by atoms with Gasteiger partial charge in [-0.1, -0.05) is 115 Å². The number of aromatic nitrogens is 3. The summed E-state index contributed by atoms with van der Waals surface area (Å²) in [4.78, 5) is 4.91. The molecule has 8 aromatic carbocycles. The largest absolute Gasteiger partial charge is 0.456 e. The Balaban J connectivity index is 1.09. The lowest BCUT2D eigenvalue weighted by Gasteiger charge is -2.19. The van der Waals surface area contributed by atoms with Gasteiger partial charge < -0.3 is 13.4 Å². The highest BCUT2D eigenvalue weighted by Gasteiger charge is 2.21. The number of hydrogen-bond acceptors (Lipinski definition) is 3. The minimum absolute atomic E-state index is 0.853. The van der Waals surface area contributed by atoms with Crippen molar-refractivity contribution < 1.29 is 8.83 Å². The molecule has 0 amide bonds. The number of imidazole rings is 1. The van der Waals surface area contributed by atoms with Crippen LogP contribution in [0.1, 0.15) is 0 Å². The van der Waals surface area contributed by atoms with E-state index in [0.717, 1.165) is 88.9 Å². The van der Waals surface area contributed by atoms with Crippen LogP contribution in [0.25, 0.3) is 111 Å². The summed E-state index contributed by atoms with van der Waals surface area (Å²) in [5.74, 6) is 0.875. The van der Waals surface area contributed by atoms with Gasteiger partial charge >= 0.3 is 0 Å². The first-order valence-corrected chi connectivity index (χ1v) is 18.9. The second-order valence-corrected chi connectivity index (χ2v) is 14.4. The lowest BCUT2D eigenvalue weighted by atomic mass is 9.94. The van der Waals surface area contributed by atoms with E-state index in [2.05, 4.69) is 173 Å². The molecule has 0 saturated heterocycles. The van der Waals surface area contributed by atoms with Crippen LogP contribution in [0.5, 0.6) is 0 Å². The molecular weight excluding hydrogens is 687 g/mol. The van der Waals surface area contributed by atoms with Gasteiger partial charge in [-0.25, -0.2) is 4.98 Å². The van der Waals surface area contributed by atoms with Crippen LogP contribution in [0.2, 0.25) is 0 Å². The molecule has 56 heavy (non-hydrogen) atoms. The quantitative estimate of drug-likeness (QED) is 0.178. The molecule has 0 fully saturated rings. The van der Waals surface area contributed by atoms with Crippen LogP contribution in [0, 0.1) is 0 Å². The summed E-state index contributed by atoms with van der Waals surface area (Å²) in [6.07, 6.45) is 3.96. The average molecular weight is 718 g/mol. The fourth-order valence-electron chi connectivity index (χ4n) is 8.72. The van der Waals surface area contributed by atoms with Gasteiger partial charge in [0.2, 0.25) is 0 Å². The third-order valence-electron chi connectivity index (χ3n) is 11.2. The predicted molar refractivity (Wildman–Crippen MR) is 229 cm³/mol. The van der Waals surface area contributed by atoms with Crippen LogP contribution in [0.4, 0.5) is 0 Å². The minimum Gasteiger partial charge on any atom is -0.456 e. The zero-order chi connectivity index (χ0) is 36.7. The molecule has 0 atom stereocenters. The van der Waals surface area contributed by atoms with Gasteiger partial charge in [0.25, 0.3) is 0 Å². The molecule has 262 valence electrons. The number of benzene rings is 8. The smallest absolute Gasteiger partial charge is 0.144 e. The maximum absolute atomic E-state index is 6.50. The van der Waals surface area contributed by atoms with Crippen molar-refractivity contribution in [1.82, 2.24) is 14.1 Å². The van der Waals surface area contributed by atoms with Gasteiger partial charge in [-0.15, -0.1) is 0 Å². The van der Waals surface area contributed by atoms with E-state index >= 15 is 0 Å². The van der Waals surface area contributed by atoms with Gasteiger partial charge in [-0.3, -0.25) is 4.57 Å². The van der Waals surface area contributed by atoms with Crippen molar-refractivity contribution in [2.75, 3.05) is 0 Å². The molecule has 4 aromatic heterocycles. The molecule has 0 aliphatic heterocycles. The molecule has 12 rings (SSSR count). The van der Waals surface area contributed by atoms with Gasteiger partial charge in [-0.05, 0) is 71.8 Å². The van der Waals surface area contributed by atoms with Gasteiger partial charge in [0.1, 0.15) is 28.2 Å². The summed E-state index contributed by atoms with van der Waals surface area (Å²) in [5, 5.41) is 6.82. The van der Waals surface area contributed by atoms with Crippen LogP contribution < -0.4 is 0 Å². The Morgan fingerprint density at radius 2 is 0.929 bits per heavy atom. The molecule has 5 nitrogen and oxygen atoms in total. The minimum atomic E-state index is 0.853. The van der Waals surface area contributed by atoms with Crippen molar-refractivity contribution in [3.63, 3.8) is 0 Å². The fraction of sp³-hybridized carbons (Fsp3) is 0. The summed E-state index contributed by atoms with van der Waals surface area (Å²) in [7, 11) is 0. The van der Waals surface area contributed by atoms with Crippen molar-refractivity contribution in [2.45, 2.75) is 0 Å². The Labute approximate surface area is 320 Å². The Bertz CT molecular complexity index is 3440. The topological polar surface area (TPSA) is 49.0 Å². The molecule has 0 aliphatic rings. The van der Waals surface area contributed by atoms with E-state index in [-0.39, 0.29) is 0 Å². The molecule has 5 heteroatoms. The Kier molecular flexibility index (Phi) is 6.56. The van der Waals surface area contributed by atoms with Crippen molar-refractivity contribution in [1.29, 1.82) is 0 Å². The first kappa shape index (κ1) is 30.8. The third-order valence-corrected chi connectivity index (χ3v) is 11.2. The second-order valence-electron chi connectivity index (χ2n) is 14.4. The maximum atomic E-state index is 6.50. The number of fused-ring (bicyclic) bond motifs is 9. The number of nitrogens with zero attached hydrogens (tertiary/aromatic N) is 3. The Morgan fingerprint density at radius 1 is 0.393 bits per heavy atom. The first-order chi connectivity index (χ1) is 27.8. The van der Waals surface area contributed by atoms with E-state index in [9.17, 15) is 0 Å². The molecule has 0 aliphatic carbocycles. The summed E-state index contributed by atoms with van der Waals surface area (Å²) in [5.41, 5.74) is 13.4. The van der Waals surface area contributed by atoms with E-state index in [4.69, 9.17) is 13.8 Å². The van der Waals surface area contributed by atoms with Crippen LogP contribution in [0.15, 0.2) is 197 Å². The van der Waals surface area contributed by atoms with E-state index in [1.54, 1.807) is 0 Å². The number of furan rings is 2. The van der Waals surface area contributed by atoms with E-state index in [0.29, 0.717) is 0 Å². The van der Waals surface area contributed by atoms with E-state index < -0.39 is 0 Å². The molecule has 0 radical (unpaired) electrons. The molecular formula is C51H31N3O2. The number of para-hydroxylation sites is 4. The molecule has 0 spiro atoms. The third kappa shape index (κ3) is 4.58. The molecule has 0 bridgehead atoms. The molecule has 0 unspecified atom stereocenters. The number of hydrogen-bond donors (Lipinski definition) is 0. The lowest BCUT2D eigenvalue weighted by molar-refractivity contribution is 0.668. The zero-order valence-corrected chi connectivity index (χ0v) is 30.1. The van der Waals surface area contributed by atoms with E-state index in [1.807, 2.05) is 24.4 Å². The van der Waals surface area contributed by atoms with Crippen molar-refractivity contribution in [3.05, 3.63) is 188 Å². The fourth-order valence-corrected chi connectivity index (χ4v) is 8.72. The molecule has 0 N–H and O–H groups in total. The normalized spacial score (nSPS) is 11.9. The Morgan fingerprint density at radius 3 is 1.61 bits per heavy atom. The predicted octanol–water partition coefficient (Wildman–Crippen LogP) is 13.8. The SMILES string of the molecule is c1ccc(-c2nccn2-c2c(-c3ccc4oc5ccccc5c4c3)cccc2-c2ccc3oc4ccc(-n5c6ccccc6c6ccccc65)cc4c3c2)cc1. The maximum Gasteiger partial charge on any atom is 0.144 e. The van der Waals surface area contributed by atoms with Crippen LogP contribution >= 0.6 is 0 Å². The Hall–Kier alpha value is -7.63. The summed E-state index contributed by atoms with van der Waals surface area (Å²) in [6, 6.07) is 62.1. The van der Waals surface area contributed by atoms with Crippen LogP contribution in [-0.4, -0.2) is 14.1 Å². The van der Waals surface area contributed by atoms with Gasteiger partial charge in [0.05, 0.1) is 16.7 Å². The second kappa shape index (κ2) is 11.9. The van der Waals surface area contributed by atoms with Crippen LogP contribution in [0.3, 0.4) is 0 Å². The van der Waals surface area contributed by atoms with Crippen molar-refractivity contribution >= 4 is 65.7 Å². The summed E-state index contributed by atoms with van der Waals surface area (Å²) in [6.45, 7) is 0. The van der Waals surface area contributed by atoms with Gasteiger partial charge in [0.15, 0.2) is 0 Å². The molecule has 12 aromatic rings. The highest BCUT2D eigenvalue weighted by molar-refractivity contribution is 6.11. The van der Waals surface area contributed by atoms with Crippen molar-refractivity contribution in [3.8, 4) is 45.0 Å². The zero-order valence-electron chi connectivity index (χ0n) is 30.1. The summed E-state index contributed by atoms with van der Waals surface area (Å²) >= 11 is 0. The highest BCUT2D eigenvalue weighted by Crippen LogP contribution is 2.42. The van der Waals surface area contributed by atoms with Crippen molar-refractivity contribution in [2.24, 2.45) is 0 Å². The summed E-state index contributed by atoms with van der Waals surface area (Å²) < 4.78 is 17.3. The monoisotopic (exact) mass is 717 g/mol.